The second-order valence-corrected chi connectivity index (χ2v) is 3.10. The first kappa shape index (κ1) is 15.4. The summed E-state index contributed by atoms with van der Waals surface area (Å²) in [5, 5.41) is 3.42. The van der Waals surface area contributed by atoms with Crippen molar-refractivity contribution in [1.82, 2.24) is 10.2 Å². The largest absolute Gasteiger partial charge is 0.311 e. The molecular weight excluding hydrogens is 160 g/mol. The van der Waals surface area contributed by atoms with Crippen LogP contribution in [0.15, 0.2) is 0 Å². The minimum Gasteiger partial charge on any atom is -0.311 e. The lowest BCUT2D eigenvalue weighted by molar-refractivity contribution is 0.182. The quantitative estimate of drug-likeness (QED) is 0.628. The number of piperazine rings is 1. The summed E-state index contributed by atoms with van der Waals surface area (Å²) in [6, 6.07) is 1.38. The van der Waals surface area contributed by atoms with Crippen LogP contribution in [0.25, 0.3) is 0 Å². The Morgan fingerprint density at radius 2 is 1.54 bits per heavy atom. The van der Waals surface area contributed by atoms with Gasteiger partial charge in [0.1, 0.15) is 0 Å². The Labute approximate surface area is 84.7 Å². The van der Waals surface area contributed by atoms with Crippen molar-refractivity contribution in [2.45, 2.75) is 53.6 Å². The monoisotopic (exact) mass is 188 g/mol. The maximum absolute atomic E-state index is 3.42. The molecule has 82 valence electrons. The minimum absolute atomic E-state index is 0.672. The zero-order chi connectivity index (χ0) is 10.9. The van der Waals surface area contributed by atoms with Gasteiger partial charge in [0.05, 0.1) is 0 Å². The van der Waals surface area contributed by atoms with Crippen LogP contribution >= 0.6 is 0 Å². The van der Waals surface area contributed by atoms with Gasteiger partial charge in [0, 0.05) is 25.2 Å². The molecule has 0 bridgehead atoms. The topological polar surface area (TPSA) is 15.3 Å². The molecule has 1 aliphatic heterocycles. The SMILES string of the molecule is CC.CC.CC1CN(C)C(C)CN1. The van der Waals surface area contributed by atoms with Gasteiger partial charge in [-0.2, -0.15) is 0 Å². The summed E-state index contributed by atoms with van der Waals surface area (Å²) in [4.78, 5) is 2.39. The highest BCUT2D eigenvalue weighted by Gasteiger charge is 2.17. The van der Waals surface area contributed by atoms with E-state index in [2.05, 4.69) is 31.1 Å². The Morgan fingerprint density at radius 1 is 1.08 bits per heavy atom. The molecule has 1 saturated heterocycles. The summed E-state index contributed by atoms with van der Waals surface area (Å²) < 4.78 is 0. The Balaban J connectivity index is 0. The molecule has 0 aromatic carbocycles. The molecule has 0 aliphatic carbocycles. The van der Waals surface area contributed by atoms with Crippen molar-refractivity contribution in [2.24, 2.45) is 0 Å². The van der Waals surface area contributed by atoms with E-state index in [1.807, 2.05) is 27.7 Å². The fourth-order valence-corrected chi connectivity index (χ4v) is 1.20. The summed E-state index contributed by atoms with van der Waals surface area (Å²) in [5.74, 6) is 0. The minimum atomic E-state index is 0.672. The Bertz CT molecular complexity index is 94.1. The summed E-state index contributed by atoms with van der Waals surface area (Å²) in [6.07, 6.45) is 0. The molecule has 0 spiro atoms. The van der Waals surface area contributed by atoms with Gasteiger partial charge in [-0.15, -0.1) is 0 Å². The number of hydrogen-bond acceptors (Lipinski definition) is 2. The molecule has 0 saturated carbocycles. The van der Waals surface area contributed by atoms with Crippen LogP contribution in [0.2, 0.25) is 0 Å². The van der Waals surface area contributed by atoms with E-state index < -0.39 is 0 Å². The lowest BCUT2D eigenvalue weighted by atomic mass is 10.2. The van der Waals surface area contributed by atoms with Gasteiger partial charge in [0.25, 0.3) is 0 Å². The van der Waals surface area contributed by atoms with Crippen molar-refractivity contribution < 1.29 is 0 Å². The van der Waals surface area contributed by atoms with E-state index in [0.717, 1.165) is 6.54 Å². The van der Waals surface area contributed by atoms with E-state index in [1.165, 1.54) is 6.54 Å². The maximum atomic E-state index is 3.42. The molecule has 2 heteroatoms. The molecule has 1 N–H and O–H groups in total. The van der Waals surface area contributed by atoms with Gasteiger partial charge in [0.15, 0.2) is 0 Å². The van der Waals surface area contributed by atoms with Crippen molar-refractivity contribution >= 4 is 0 Å². The molecule has 0 aromatic heterocycles. The number of nitrogens with zero attached hydrogens (tertiary/aromatic N) is 1. The van der Waals surface area contributed by atoms with Crippen LogP contribution in [0.5, 0.6) is 0 Å². The highest BCUT2D eigenvalue weighted by Crippen LogP contribution is 2.01. The van der Waals surface area contributed by atoms with Gasteiger partial charge >= 0.3 is 0 Å². The summed E-state index contributed by atoms with van der Waals surface area (Å²) in [7, 11) is 2.18. The fraction of sp³-hybridized carbons (Fsp3) is 1.00. The molecule has 0 aromatic rings. The number of hydrogen-bond donors (Lipinski definition) is 1. The first-order valence-corrected chi connectivity index (χ1v) is 5.64. The Kier molecular flexibility index (Phi) is 11.8. The smallest absolute Gasteiger partial charge is 0.0190 e. The number of nitrogens with one attached hydrogen (secondary N) is 1. The van der Waals surface area contributed by atoms with Gasteiger partial charge in [0.2, 0.25) is 0 Å². The molecule has 2 nitrogen and oxygen atoms in total. The first-order chi connectivity index (χ1) is 6.20. The summed E-state index contributed by atoms with van der Waals surface area (Å²) in [5.41, 5.74) is 0. The van der Waals surface area contributed by atoms with Gasteiger partial charge in [-0.05, 0) is 20.9 Å². The lowest BCUT2D eigenvalue weighted by Gasteiger charge is -2.34. The van der Waals surface area contributed by atoms with Gasteiger partial charge in [-0.1, -0.05) is 27.7 Å². The summed E-state index contributed by atoms with van der Waals surface area (Å²) in [6.45, 7) is 14.8. The van der Waals surface area contributed by atoms with Crippen molar-refractivity contribution in [2.75, 3.05) is 20.1 Å². The van der Waals surface area contributed by atoms with Crippen molar-refractivity contribution in [3.8, 4) is 0 Å². The van der Waals surface area contributed by atoms with E-state index in [-0.39, 0.29) is 0 Å². The van der Waals surface area contributed by atoms with E-state index in [4.69, 9.17) is 0 Å². The maximum Gasteiger partial charge on any atom is 0.0190 e. The third kappa shape index (κ3) is 7.03. The predicted molar refractivity (Wildman–Crippen MR) is 62.3 cm³/mol. The molecule has 2 atom stereocenters. The fourth-order valence-electron chi connectivity index (χ4n) is 1.20. The third-order valence-corrected chi connectivity index (χ3v) is 2.08. The lowest BCUT2D eigenvalue weighted by Crippen LogP contribution is -2.52. The second-order valence-electron chi connectivity index (χ2n) is 3.10. The van der Waals surface area contributed by atoms with Gasteiger partial charge in [-0.25, -0.2) is 0 Å². The first-order valence-electron chi connectivity index (χ1n) is 5.64. The average molecular weight is 188 g/mol. The molecule has 1 fully saturated rings. The number of rotatable bonds is 0. The predicted octanol–water partition coefficient (Wildman–Crippen LogP) is 2.35. The van der Waals surface area contributed by atoms with Crippen LogP contribution in [-0.4, -0.2) is 37.1 Å². The molecule has 0 amide bonds. The molecule has 2 unspecified atom stereocenters. The van der Waals surface area contributed by atoms with Crippen LogP contribution in [0, 0.1) is 0 Å². The summed E-state index contributed by atoms with van der Waals surface area (Å²) >= 11 is 0. The molecule has 1 heterocycles. The normalized spacial score (nSPS) is 27.9. The molecule has 1 rings (SSSR count). The Hall–Kier alpha value is -0.0800. The van der Waals surface area contributed by atoms with Crippen LogP contribution in [-0.2, 0) is 0 Å². The zero-order valence-electron chi connectivity index (χ0n) is 10.5. The van der Waals surface area contributed by atoms with E-state index in [0.29, 0.717) is 12.1 Å². The van der Waals surface area contributed by atoms with Crippen LogP contribution in [0.1, 0.15) is 41.5 Å². The van der Waals surface area contributed by atoms with Gasteiger partial charge in [-0.3, -0.25) is 0 Å². The highest BCUT2D eigenvalue weighted by atomic mass is 15.2. The van der Waals surface area contributed by atoms with Crippen molar-refractivity contribution in [3.05, 3.63) is 0 Å². The van der Waals surface area contributed by atoms with Crippen LogP contribution in [0.4, 0.5) is 0 Å². The number of likely N-dealkylation sites (N-methyl/N-ethyl adjacent to an activating group) is 1. The molecular formula is C11H28N2. The Morgan fingerprint density at radius 3 is 1.85 bits per heavy atom. The standard InChI is InChI=1S/C7H16N2.2C2H6/c1-6-5-9(3)7(2)4-8-6;2*1-2/h6-8H,4-5H2,1-3H3;2*1-2H3. The molecule has 13 heavy (non-hydrogen) atoms. The average Bonchev–Trinajstić information content (AvgIpc) is 2.18. The van der Waals surface area contributed by atoms with Gasteiger partial charge < -0.3 is 10.2 Å². The molecule has 1 aliphatic rings. The molecule has 0 radical (unpaired) electrons. The van der Waals surface area contributed by atoms with E-state index >= 15 is 0 Å². The van der Waals surface area contributed by atoms with Crippen molar-refractivity contribution in [3.63, 3.8) is 0 Å². The second kappa shape index (κ2) is 10.0. The van der Waals surface area contributed by atoms with Crippen molar-refractivity contribution in [1.29, 1.82) is 0 Å². The van der Waals surface area contributed by atoms with Crippen LogP contribution < -0.4 is 5.32 Å². The van der Waals surface area contributed by atoms with E-state index in [9.17, 15) is 0 Å². The van der Waals surface area contributed by atoms with Crippen LogP contribution in [0.3, 0.4) is 0 Å². The highest BCUT2D eigenvalue weighted by molar-refractivity contribution is 4.78. The van der Waals surface area contributed by atoms with E-state index in [1.54, 1.807) is 0 Å². The third-order valence-electron chi connectivity index (χ3n) is 2.08. The zero-order valence-corrected chi connectivity index (χ0v) is 10.5.